The van der Waals surface area contributed by atoms with E-state index < -0.39 is 12.1 Å². The molecule has 0 aliphatic rings. The van der Waals surface area contributed by atoms with Crippen LogP contribution in [-0.2, 0) is 4.74 Å². The fourth-order valence-corrected chi connectivity index (χ4v) is 2.41. The van der Waals surface area contributed by atoms with Gasteiger partial charge < -0.3 is 9.47 Å². The lowest BCUT2D eigenvalue weighted by atomic mass is 10.2. The van der Waals surface area contributed by atoms with Crippen molar-refractivity contribution in [2.45, 2.75) is 20.0 Å². The molecule has 0 unspecified atom stereocenters. The van der Waals surface area contributed by atoms with Crippen molar-refractivity contribution < 1.29 is 14.3 Å². The third kappa shape index (κ3) is 3.83. The van der Waals surface area contributed by atoms with Gasteiger partial charge in [0.15, 0.2) is 11.8 Å². The smallest absolute Gasteiger partial charge is 0.359 e. The Balaban J connectivity index is 2.12. The molecule has 1 aromatic heterocycles. The normalized spacial score (nSPS) is 11.5. The molecule has 1 atom stereocenters. The number of hydrogen-bond acceptors (Lipinski definition) is 5. The Morgan fingerprint density at radius 1 is 1.43 bits per heavy atom. The Hall–Kier alpha value is -2.32. The summed E-state index contributed by atoms with van der Waals surface area (Å²) in [7, 11) is 0. The molecule has 0 saturated heterocycles. The van der Waals surface area contributed by atoms with Gasteiger partial charge in [-0.05, 0) is 38.1 Å². The number of benzene rings is 1. The second kappa shape index (κ2) is 6.91. The molecule has 0 bridgehead atoms. The average Bonchev–Trinajstić information content (AvgIpc) is 2.98. The number of rotatable bonds is 5. The Bertz CT molecular complexity index is 655. The maximum Gasteiger partial charge on any atom is 0.359 e. The zero-order valence-electron chi connectivity index (χ0n) is 11.8. The van der Waals surface area contributed by atoms with Crippen LogP contribution in [0.2, 0.25) is 0 Å². The van der Waals surface area contributed by atoms with Gasteiger partial charge in [0.05, 0.1) is 6.61 Å². The van der Waals surface area contributed by atoms with Crippen molar-refractivity contribution in [3.8, 4) is 28.7 Å². The molecule has 0 N–H and O–H groups in total. The number of carbonyl (C=O) groups is 1. The van der Waals surface area contributed by atoms with Crippen LogP contribution in [0.1, 0.15) is 24.3 Å². The number of carbonyl (C=O) groups excluding carboxylic acids is 1. The molecule has 0 aliphatic carbocycles. The van der Waals surface area contributed by atoms with E-state index in [0.717, 1.165) is 16.3 Å². The molecule has 0 saturated carbocycles. The van der Waals surface area contributed by atoms with Gasteiger partial charge >= 0.3 is 5.97 Å². The van der Waals surface area contributed by atoms with Crippen molar-refractivity contribution in [2.75, 3.05) is 6.61 Å². The predicted molar refractivity (Wildman–Crippen MR) is 82.4 cm³/mol. The molecule has 2 aromatic rings. The molecule has 0 radical (unpaired) electrons. The topological polar surface area (TPSA) is 48.4 Å². The Morgan fingerprint density at radius 2 is 2.14 bits per heavy atom. The summed E-state index contributed by atoms with van der Waals surface area (Å²) < 4.78 is 10.4. The fraction of sp³-hybridized carbons (Fsp3) is 0.250. The van der Waals surface area contributed by atoms with Crippen LogP contribution in [-0.4, -0.2) is 23.7 Å². The molecule has 1 aromatic carbocycles. The number of esters is 1. The second-order valence-corrected chi connectivity index (χ2v) is 5.07. The maximum absolute atomic E-state index is 11.8. The molecule has 0 aliphatic heterocycles. The quantitative estimate of drug-likeness (QED) is 0.627. The van der Waals surface area contributed by atoms with Crippen molar-refractivity contribution in [1.82, 2.24) is 4.98 Å². The molecule has 0 fully saturated rings. The van der Waals surface area contributed by atoms with Crippen LogP contribution >= 0.6 is 11.3 Å². The highest BCUT2D eigenvalue weighted by Crippen LogP contribution is 2.26. The molecule has 108 valence electrons. The summed E-state index contributed by atoms with van der Waals surface area (Å²) in [6, 6.07) is 7.56. The average molecular weight is 301 g/mol. The van der Waals surface area contributed by atoms with Crippen LogP contribution in [0.3, 0.4) is 0 Å². The monoisotopic (exact) mass is 301 g/mol. The van der Waals surface area contributed by atoms with Crippen molar-refractivity contribution in [2.24, 2.45) is 0 Å². The van der Waals surface area contributed by atoms with E-state index in [1.54, 1.807) is 12.3 Å². The third-order valence-electron chi connectivity index (χ3n) is 2.64. The summed E-state index contributed by atoms with van der Waals surface area (Å²) in [6.45, 7) is 4.20. The van der Waals surface area contributed by atoms with E-state index in [4.69, 9.17) is 15.9 Å². The zero-order chi connectivity index (χ0) is 15.2. The second-order valence-electron chi connectivity index (χ2n) is 4.21. The van der Waals surface area contributed by atoms with E-state index in [-0.39, 0.29) is 5.69 Å². The number of aromatic nitrogens is 1. The lowest BCUT2D eigenvalue weighted by molar-refractivity contribution is 0.0433. The van der Waals surface area contributed by atoms with Crippen LogP contribution in [0, 0.1) is 12.3 Å². The predicted octanol–water partition coefficient (Wildman–Crippen LogP) is 3.39. The molecule has 21 heavy (non-hydrogen) atoms. The van der Waals surface area contributed by atoms with Crippen molar-refractivity contribution in [3.05, 3.63) is 35.3 Å². The van der Waals surface area contributed by atoms with Crippen molar-refractivity contribution in [1.29, 1.82) is 0 Å². The number of terminal acetylenes is 1. The van der Waals surface area contributed by atoms with Crippen LogP contribution in [0.5, 0.6) is 5.75 Å². The van der Waals surface area contributed by atoms with Crippen molar-refractivity contribution >= 4 is 17.3 Å². The molecule has 5 heteroatoms. The SMILES string of the molecule is C#C[C@@H](C)OC(=O)c1csc(-c2ccc(OCC)cc2)n1. The Kier molecular flexibility index (Phi) is 4.96. The van der Waals surface area contributed by atoms with E-state index in [9.17, 15) is 4.79 Å². The van der Waals surface area contributed by atoms with E-state index in [1.165, 1.54) is 11.3 Å². The molecular weight excluding hydrogens is 286 g/mol. The van der Waals surface area contributed by atoms with Gasteiger partial charge in [0, 0.05) is 10.9 Å². The molecular formula is C16H15NO3S. The van der Waals surface area contributed by atoms with Gasteiger partial charge in [0.25, 0.3) is 0 Å². The van der Waals surface area contributed by atoms with Gasteiger partial charge in [-0.15, -0.1) is 17.8 Å². The maximum atomic E-state index is 11.8. The van der Waals surface area contributed by atoms with Crippen LogP contribution < -0.4 is 4.74 Å². The van der Waals surface area contributed by atoms with Gasteiger partial charge in [-0.2, -0.15) is 0 Å². The molecule has 1 heterocycles. The van der Waals surface area contributed by atoms with Gasteiger partial charge in [-0.3, -0.25) is 0 Å². The van der Waals surface area contributed by atoms with Gasteiger partial charge in [-0.1, -0.05) is 5.92 Å². The van der Waals surface area contributed by atoms with E-state index in [0.29, 0.717) is 6.61 Å². The highest BCUT2D eigenvalue weighted by Gasteiger charge is 2.15. The number of nitrogens with zero attached hydrogens (tertiary/aromatic N) is 1. The highest BCUT2D eigenvalue weighted by atomic mass is 32.1. The molecule has 0 amide bonds. The number of hydrogen-bond donors (Lipinski definition) is 0. The van der Waals surface area contributed by atoms with E-state index in [1.807, 2.05) is 31.2 Å². The number of thiazole rings is 1. The summed E-state index contributed by atoms with van der Waals surface area (Å²) in [5.74, 6) is 2.64. The summed E-state index contributed by atoms with van der Waals surface area (Å²) >= 11 is 1.38. The zero-order valence-corrected chi connectivity index (χ0v) is 12.6. The van der Waals surface area contributed by atoms with Crippen LogP contribution in [0.15, 0.2) is 29.6 Å². The lowest BCUT2D eigenvalue weighted by Crippen LogP contribution is -2.13. The highest BCUT2D eigenvalue weighted by molar-refractivity contribution is 7.13. The molecule has 4 nitrogen and oxygen atoms in total. The molecule has 2 rings (SSSR count). The minimum atomic E-state index is -0.562. The first-order valence-electron chi connectivity index (χ1n) is 6.50. The summed E-state index contributed by atoms with van der Waals surface area (Å²) in [5, 5.41) is 2.41. The standard InChI is InChI=1S/C16H15NO3S/c1-4-11(3)20-16(18)14-10-21-15(17-14)12-6-8-13(9-7-12)19-5-2/h1,6-11H,5H2,2-3H3/t11-/m1/s1. The van der Waals surface area contributed by atoms with Crippen molar-refractivity contribution in [3.63, 3.8) is 0 Å². The molecule has 0 spiro atoms. The first kappa shape index (κ1) is 15.1. The third-order valence-corrected chi connectivity index (χ3v) is 3.54. The summed E-state index contributed by atoms with van der Waals surface area (Å²) in [4.78, 5) is 16.1. The Labute approximate surface area is 127 Å². The fourth-order valence-electron chi connectivity index (χ4n) is 1.62. The Morgan fingerprint density at radius 3 is 2.76 bits per heavy atom. The minimum absolute atomic E-state index is 0.269. The van der Waals surface area contributed by atoms with Crippen LogP contribution in [0.4, 0.5) is 0 Å². The largest absolute Gasteiger partial charge is 0.494 e. The van der Waals surface area contributed by atoms with Gasteiger partial charge in [-0.25, -0.2) is 9.78 Å². The summed E-state index contributed by atoms with van der Waals surface area (Å²) in [5.41, 5.74) is 1.19. The van der Waals surface area contributed by atoms with E-state index in [2.05, 4.69) is 10.9 Å². The minimum Gasteiger partial charge on any atom is -0.494 e. The van der Waals surface area contributed by atoms with E-state index >= 15 is 0 Å². The summed E-state index contributed by atoms with van der Waals surface area (Å²) in [6.07, 6.45) is 4.61. The first-order valence-corrected chi connectivity index (χ1v) is 7.38. The lowest BCUT2D eigenvalue weighted by Gasteiger charge is -2.04. The van der Waals surface area contributed by atoms with Gasteiger partial charge in [0.2, 0.25) is 0 Å². The first-order chi connectivity index (χ1) is 10.1. The van der Waals surface area contributed by atoms with Gasteiger partial charge in [0.1, 0.15) is 10.8 Å². The number of ether oxygens (including phenoxy) is 2. The van der Waals surface area contributed by atoms with Crippen LogP contribution in [0.25, 0.3) is 10.6 Å².